The molecule has 26 heavy (non-hydrogen) atoms. The second-order valence-electron chi connectivity index (χ2n) is 7.41. The van der Waals surface area contributed by atoms with Crippen LogP contribution in [0.4, 0.5) is 0 Å². The minimum absolute atomic E-state index is 0.239. The zero-order valence-electron chi connectivity index (χ0n) is 15.1. The second-order valence-corrected chi connectivity index (χ2v) is 8.46. The quantitative estimate of drug-likeness (QED) is 0.650. The summed E-state index contributed by atoms with van der Waals surface area (Å²) in [6.07, 6.45) is 12.3. The molecule has 4 rings (SSSR count). The molecule has 1 heterocycles. The predicted molar refractivity (Wildman–Crippen MR) is 106 cm³/mol. The molecule has 0 radical (unpaired) electrons. The minimum Gasteiger partial charge on any atom is -0.333 e. The monoisotopic (exact) mass is 366 g/mol. The van der Waals surface area contributed by atoms with Gasteiger partial charge < -0.3 is 4.90 Å². The molecule has 0 aliphatic heterocycles. The van der Waals surface area contributed by atoms with Gasteiger partial charge in [0.1, 0.15) is 0 Å². The molecule has 2 aromatic rings. The first-order valence-corrected chi connectivity index (χ1v) is 10.7. The Morgan fingerprint density at radius 3 is 2.38 bits per heavy atom. The molecule has 136 valence electrons. The Balaban J connectivity index is 1.41. The Morgan fingerprint density at radius 1 is 1.00 bits per heavy atom. The number of aromatic nitrogens is 1. The van der Waals surface area contributed by atoms with E-state index in [1.807, 2.05) is 24.4 Å². The van der Waals surface area contributed by atoms with E-state index in [1.54, 1.807) is 18.0 Å². The third kappa shape index (κ3) is 4.29. The van der Waals surface area contributed by atoms with Crippen molar-refractivity contribution in [2.45, 2.75) is 67.7 Å². The Labute approximate surface area is 160 Å². The summed E-state index contributed by atoms with van der Waals surface area (Å²) in [5.41, 5.74) is 2.06. The van der Waals surface area contributed by atoms with Crippen LogP contribution in [0.1, 0.15) is 60.9 Å². The van der Waals surface area contributed by atoms with Crippen molar-refractivity contribution in [2.24, 2.45) is 0 Å². The number of pyridine rings is 1. The van der Waals surface area contributed by atoms with Crippen LogP contribution in [-0.4, -0.2) is 27.9 Å². The van der Waals surface area contributed by atoms with Crippen LogP contribution in [0.25, 0.3) is 0 Å². The number of nitrogens with zero attached hydrogens (tertiary/aromatic N) is 2. The average molecular weight is 367 g/mol. The van der Waals surface area contributed by atoms with Crippen LogP contribution in [0, 0.1) is 0 Å². The second kappa shape index (κ2) is 8.26. The summed E-state index contributed by atoms with van der Waals surface area (Å²) in [6.45, 7) is 0. The maximum atomic E-state index is 13.1. The summed E-state index contributed by atoms with van der Waals surface area (Å²) in [6, 6.07) is 13.2. The molecule has 1 amide bonds. The van der Waals surface area contributed by atoms with Crippen molar-refractivity contribution >= 4 is 17.7 Å². The van der Waals surface area contributed by atoms with E-state index < -0.39 is 0 Å². The lowest BCUT2D eigenvalue weighted by atomic mass is 9.93. The first-order valence-electron chi connectivity index (χ1n) is 9.76. The molecular formula is C22H26N2OS. The number of amides is 1. The van der Waals surface area contributed by atoms with Crippen LogP contribution in [0.15, 0.2) is 53.7 Å². The van der Waals surface area contributed by atoms with Gasteiger partial charge in [-0.2, -0.15) is 0 Å². The van der Waals surface area contributed by atoms with Gasteiger partial charge in [0.15, 0.2) is 0 Å². The molecule has 0 unspecified atom stereocenters. The van der Waals surface area contributed by atoms with Gasteiger partial charge in [0.2, 0.25) is 0 Å². The Bertz CT molecular complexity index is 722. The summed E-state index contributed by atoms with van der Waals surface area (Å²) >= 11 is 1.78. The van der Waals surface area contributed by atoms with E-state index in [9.17, 15) is 4.79 Å². The van der Waals surface area contributed by atoms with E-state index in [-0.39, 0.29) is 5.91 Å². The van der Waals surface area contributed by atoms with Crippen LogP contribution in [0.3, 0.4) is 0 Å². The van der Waals surface area contributed by atoms with Crippen molar-refractivity contribution in [3.05, 3.63) is 59.9 Å². The molecule has 2 saturated carbocycles. The summed E-state index contributed by atoms with van der Waals surface area (Å²) < 4.78 is 0. The number of carbonyl (C=O) groups excluding carboxylic acids is 1. The van der Waals surface area contributed by atoms with Crippen LogP contribution < -0.4 is 0 Å². The third-order valence-corrected chi connectivity index (χ3v) is 6.46. The van der Waals surface area contributed by atoms with E-state index in [2.05, 4.69) is 28.1 Å². The van der Waals surface area contributed by atoms with Gasteiger partial charge in [-0.05, 0) is 61.6 Å². The SMILES string of the molecule is O=C(c1ccc(SCc2cccnc2)cc1)N(C1CCCCC1)C1CC1. The lowest BCUT2D eigenvalue weighted by Gasteiger charge is -2.34. The highest BCUT2D eigenvalue weighted by atomic mass is 32.2. The number of hydrogen-bond acceptors (Lipinski definition) is 3. The standard InChI is InChI=1S/C22H26N2OS/c25-22(24(20-10-11-20)19-6-2-1-3-7-19)18-8-12-21(13-9-18)26-16-17-5-4-14-23-15-17/h4-5,8-9,12-15,19-20H,1-3,6-7,10-11,16H2. The van der Waals surface area contributed by atoms with Gasteiger partial charge in [0.05, 0.1) is 0 Å². The summed E-state index contributed by atoms with van der Waals surface area (Å²) in [5, 5.41) is 0. The number of rotatable bonds is 6. The normalized spacial score (nSPS) is 17.8. The highest BCUT2D eigenvalue weighted by molar-refractivity contribution is 7.98. The summed E-state index contributed by atoms with van der Waals surface area (Å²) in [5.74, 6) is 1.14. The molecule has 0 atom stereocenters. The third-order valence-electron chi connectivity index (χ3n) is 5.37. The molecule has 2 fully saturated rings. The van der Waals surface area contributed by atoms with Gasteiger partial charge in [-0.3, -0.25) is 9.78 Å². The zero-order valence-corrected chi connectivity index (χ0v) is 16.0. The molecule has 2 aliphatic rings. The Kier molecular flexibility index (Phi) is 5.59. The van der Waals surface area contributed by atoms with Gasteiger partial charge in [-0.15, -0.1) is 11.8 Å². The molecule has 0 spiro atoms. The number of hydrogen-bond donors (Lipinski definition) is 0. The molecule has 1 aromatic carbocycles. The van der Waals surface area contributed by atoms with Crippen LogP contribution >= 0.6 is 11.8 Å². The molecule has 0 bridgehead atoms. The van der Waals surface area contributed by atoms with E-state index in [0.717, 1.165) is 11.3 Å². The summed E-state index contributed by atoms with van der Waals surface area (Å²) in [7, 11) is 0. The molecule has 2 aliphatic carbocycles. The van der Waals surface area contributed by atoms with Crippen LogP contribution in [-0.2, 0) is 5.75 Å². The largest absolute Gasteiger partial charge is 0.333 e. The van der Waals surface area contributed by atoms with Crippen molar-refractivity contribution in [1.29, 1.82) is 0 Å². The van der Waals surface area contributed by atoms with Gasteiger partial charge in [-0.25, -0.2) is 0 Å². The van der Waals surface area contributed by atoms with Crippen LogP contribution in [0.5, 0.6) is 0 Å². The fraction of sp³-hybridized carbons (Fsp3) is 0.455. The maximum Gasteiger partial charge on any atom is 0.254 e. The zero-order chi connectivity index (χ0) is 17.8. The lowest BCUT2D eigenvalue weighted by molar-refractivity contribution is 0.0614. The first kappa shape index (κ1) is 17.6. The van der Waals surface area contributed by atoms with Crippen molar-refractivity contribution in [3.8, 4) is 0 Å². The molecule has 0 N–H and O–H groups in total. The lowest BCUT2D eigenvalue weighted by Crippen LogP contribution is -2.43. The van der Waals surface area contributed by atoms with Crippen LogP contribution in [0.2, 0.25) is 0 Å². The number of benzene rings is 1. The van der Waals surface area contributed by atoms with Crippen molar-refractivity contribution in [3.63, 3.8) is 0 Å². The fourth-order valence-corrected chi connectivity index (χ4v) is 4.67. The fourth-order valence-electron chi connectivity index (χ4n) is 3.83. The van der Waals surface area contributed by atoms with Crippen molar-refractivity contribution in [2.75, 3.05) is 0 Å². The van der Waals surface area contributed by atoms with E-state index in [1.165, 1.54) is 55.4 Å². The predicted octanol–water partition coefficient (Wildman–Crippen LogP) is 5.31. The number of carbonyl (C=O) groups is 1. The highest BCUT2D eigenvalue weighted by Gasteiger charge is 2.37. The molecule has 0 saturated heterocycles. The molecular weight excluding hydrogens is 340 g/mol. The Morgan fingerprint density at radius 2 is 1.73 bits per heavy atom. The smallest absolute Gasteiger partial charge is 0.254 e. The van der Waals surface area contributed by atoms with E-state index in [0.29, 0.717) is 12.1 Å². The van der Waals surface area contributed by atoms with E-state index in [4.69, 9.17) is 0 Å². The number of thioether (sulfide) groups is 1. The highest BCUT2D eigenvalue weighted by Crippen LogP contribution is 2.35. The van der Waals surface area contributed by atoms with Crippen molar-refractivity contribution in [1.82, 2.24) is 9.88 Å². The first-order chi connectivity index (χ1) is 12.8. The average Bonchev–Trinajstić information content (AvgIpc) is 3.53. The minimum atomic E-state index is 0.239. The van der Waals surface area contributed by atoms with Gasteiger partial charge in [0, 0.05) is 40.7 Å². The summed E-state index contributed by atoms with van der Waals surface area (Å²) in [4.78, 5) is 20.7. The molecule has 4 heteroatoms. The van der Waals surface area contributed by atoms with E-state index >= 15 is 0 Å². The molecule has 1 aromatic heterocycles. The van der Waals surface area contributed by atoms with Gasteiger partial charge in [0.25, 0.3) is 5.91 Å². The Hall–Kier alpha value is -1.81. The molecule has 3 nitrogen and oxygen atoms in total. The van der Waals surface area contributed by atoms with Crippen molar-refractivity contribution < 1.29 is 4.79 Å². The topological polar surface area (TPSA) is 33.2 Å². The van der Waals surface area contributed by atoms with Gasteiger partial charge in [-0.1, -0.05) is 25.3 Å². The maximum absolute atomic E-state index is 13.1. The van der Waals surface area contributed by atoms with Gasteiger partial charge >= 0.3 is 0 Å².